The summed E-state index contributed by atoms with van der Waals surface area (Å²) < 4.78 is 0. The van der Waals surface area contributed by atoms with Crippen LogP contribution in [-0.4, -0.2) is 11.9 Å². The van der Waals surface area contributed by atoms with E-state index in [2.05, 4.69) is 5.32 Å². The van der Waals surface area contributed by atoms with E-state index in [9.17, 15) is 4.79 Å². The van der Waals surface area contributed by atoms with E-state index in [0.717, 1.165) is 17.9 Å². The van der Waals surface area contributed by atoms with Crippen LogP contribution < -0.4 is 5.32 Å². The number of rotatable bonds is 2. The van der Waals surface area contributed by atoms with Crippen molar-refractivity contribution < 1.29 is 4.79 Å². The zero-order valence-corrected chi connectivity index (χ0v) is 11.3. The summed E-state index contributed by atoms with van der Waals surface area (Å²) in [5.74, 6) is 1.52. The van der Waals surface area contributed by atoms with Gasteiger partial charge in [-0.15, -0.1) is 0 Å². The molecule has 18 heavy (non-hydrogen) atoms. The fourth-order valence-electron chi connectivity index (χ4n) is 3.47. The maximum absolute atomic E-state index is 12.2. The quantitative estimate of drug-likeness (QED) is 0.868. The maximum Gasteiger partial charge on any atom is 0.253 e. The van der Waals surface area contributed by atoms with Crippen LogP contribution in [0.2, 0.25) is 5.02 Å². The normalized spacial score (nSPS) is 29.6. The molecule has 0 saturated heterocycles. The number of carbonyl (C=O) groups excluding carboxylic acids is 1. The summed E-state index contributed by atoms with van der Waals surface area (Å²) in [6.07, 6.45) is 5.08. The molecule has 3 rings (SSSR count). The van der Waals surface area contributed by atoms with E-state index in [1.54, 1.807) is 0 Å². The molecule has 2 bridgehead atoms. The van der Waals surface area contributed by atoms with Crippen LogP contribution in [0.25, 0.3) is 0 Å². The first-order valence-electron chi connectivity index (χ1n) is 6.70. The van der Waals surface area contributed by atoms with Gasteiger partial charge in [-0.2, -0.15) is 0 Å². The smallest absolute Gasteiger partial charge is 0.253 e. The average Bonchev–Trinajstić information content (AvgIpc) is 2.90. The number of amides is 1. The Balaban J connectivity index is 1.71. The molecule has 0 aromatic heterocycles. The number of nitrogens with one attached hydrogen (secondary N) is 1. The maximum atomic E-state index is 12.2. The summed E-state index contributed by atoms with van der Waals surface area (Å²) in [5.41, 5.74) is 1.68. The van der Waals surface area contributed by atoms with Crippen LogP contribution >= 0.6 is 11.6 Å². The van der Waals surface area contributed by atoms with E-state index < -0.39 is 0 Å². The van der Waals surface area contributed by atoms with Gasteiger partial charge in [0, 0.05) is 6.04 Å². The molecule has 0 radical (unpaired) electrons. The summed E-state index contributed by atoms with van der Waals surface area (Å²) in [4.78, 5) is 12.2. The topological polar surface area (TPSA) is 29.1 Å². The van der Waals surface area contributed by atoms with Crippen LogP contribution in [0.5, 0.6) is 0 Å². The van der Waals surface area contributed by atoms with Gasteiger partial charge in [0.1, 0.15) is 0 Å². The average molecular weight is 264 g/mol. The fourth-order valence-corrected chi connectivity index (χ4v) is 3.79. The lowest BCUT2D eigenvalue weighted by Gasteiger charge is -2.23. The number of carbonyl (C=O) groups is 1. The van der Waals surface area contributed by atoms with E-state index >= 15 is 0 Å². The Kier molecular flexibility index (Phi) is 3.06. The standard InChI is InChI=1S/C15H18ClNO/c1-9-2-5-12(13(16)6-9)15(18)17-14-8-10-3-4-11(14)7-10/h2,5-6,10-11,14H,3-4,7-8H2,1H3,(H,17,18)/t10-,11-,14+/m0/s1. The van der Waals surface area contributed by atoms with Crippen molar-refractivity contribution in [2.75, 3.05) is 0 Å². The first-order valence-corrected chi connectivity index (χ1v) is 7.08. The highest BCUT2D eigenvalue weighted by molar-refractivity contribution is 6.33. The van der Waals surface area contributed by atoms with Gasteiger partial charge in [0.25, 0.3) is 5.91 Å². The molecule has 0 unspecified atom stereocenters. The van der Waals surface area contributed by atoms with Crippen LogP contribution in [0.15, 0.2) is 18.2 Å². The molecule has 3 atom stereocenters. The van der Waals surface area contributed by atoms with Gasteiger partial charge in [-0.3, -0.25) is 4.79 Å². The molecule has 2 fully saturated rings. The minimum atomic E-state index is -0.0162. The van der Waals surface area contributed by atoms with Crippen molar-refractivity contribution in [1.82, 2.24) is 5.32 Å². The van der Waals surface area contributed by atoms with Gasteiger partial charge in [-0.25, -0.2) is 0 Å². The van der Waals surface area contributed by atoms with E-state index in [-0.39, 0.29) is 5.91 Å². The Labute approximate surface area is 113 Å². The molecule has 1 aromatic rings. The molecule has 1 amide bonds. The van der Waals surface area contributed by atoms with E-state index in [1.165, 1.54) is 19.3 Å². The van der Waals surface area contributed by atoms with Gasteiger partial charge in [0.15, 0.2) is 0 Å². The molecule has 2 nitrogen and oxygen atoms in total. The highest BCUT2D eigenvalue weighted by Gasteiger charge is 2.40. The second-order valence-corrected chi connectivity index (χ2v) is 6.15. The molecule has 96 valence electrons. The molecule has 2 aliphatic rings. The van der Waals surface area contributed by atoms with Gasteiger partial charge in [0.05, 0.1) is 10.6 Å². The van der Waals surface area contributed by atoms with Gasteiger partial charge in [-0.1, -0.05) is 24.1 Å². The number of fused-ring (bicyclic) bond motifs is 2. The van der Waals surface area contributed by atoms with Crippen molar-refractivity contribution in [3.8, 4) is 0 Å². The van der Waals surface area contributed by atoms with Crippen LogP contribution in [0, 0.1) is 18.8 Å². The Hall–Kier alpha value is -1.02. The number of aryl methyl sites for hydroxylation is 1. The van der Waals surface area contributed by atoms with Crippen molar-refractivity contribution in [1.29, 1.82) is 0 Å². The van der Waals surface area contributed by atoms with E-state index in [4.69, 9.17) is 11.6 Å². The second kappa shape index (κ2) is 4.58. The van der Waals surface area contributed by atoms with Crippen molar-refractivity contribution in [2.24, 2.45) is 11.8 Å². The fraction of sp³-hybridized carbons (Fsp3) is 0.533. The minimum absolute atomic E-state index is 0.0162. The Morgan fingerprint density at radius 3 is 2.78 bits per heavy atom. The monoisotopic (exact) mass is 263 g/mol. The predicted molar refractivity (Wildman–Crippen MR) is 72.9 cm³/mol. The van der Waals surface area contributed by atoms with Gasteiger partial charge in [0.2, 0.25) is 0 Å². The first kappa shape index (κ1) is 12.0. The summed E-state index contributed by atoms with van der Waals surface area (Å²) in [6.45, 7) is 1.98. The van der Waals surface area contributed by atoms with Crippen molar-refractivity contribution in [3.63, 3.8) is 0 Å². The molecular formula is C15H18ClNO. The zero-order valence-electron chi connectivity index (χ0n) is 10.6. The third-order valence-corrected chi connectivity index (χ3v) is 4.74. The summed E-state index contributed by atoms with van der Waals surface area (Å²) in [6, 6.07) is 5.97. The number of benzene rings is 1. The molecule has 1 aromatic carbocycles. The Morgan fingerprint density at radius 1 is 1.33 bits per heavy atom. The molecule has 2 saturated carbocycles. The van der Waals surface area contributed by atoms with E-state index in [1.807, 2.05) is 25.1 Å². The zero-order chi connectivity index (χ0) is 12.7. The summed E-state index contributed by atoms with van der Waals surface area (Å²) in [5, 5.41) is 3.72. The molecule has 0 heterocycles. The van der Waals surface area contributed by atoms with Gasteiger partial charge < -0.3 is 5.32 Å². The molecule has 3 heteroatoms. The third kappa shape index (κ3) is 2.14. The summed E-state index contributed by atoms with van der Waals surface area (Å²) in [7, 11) is 0. The number of halogens is 1. The largest absolute Gasteiger partial charge is 0.349 e. The SMILES string of the molecule is Cc1ccc(C(=O)N[C@@H]2C[C@H]3CC[C@H]2C3)c(Cl)c1. The number of hydrogen-bond acceptors (Lipinski definition) is 1. The molecular weight excluding hydrogens is 246 g/mol. The van der Waals surface area contributed by atoms with Crippen molar-refractivity contribution in [2.45, 2.75) is 38.6 Å². The predicted octanol–water partition coefficient (Wildman–Crippen LogP) is 3.57. The molecule has 1 N–H and O–H groups in total. The Morgan fingerprint density at radius 2 is 2.17 bits per heavy atom. The van der Waals surface area contributed by atoms with Crippen LogP contribution in [0.4, 0.5) is 0 Å². The van der Waals surface area contributed by atoms with Crippen LogP contribution in [0.1, 0.15) is 41.6 Å². The van der Waals surface area contributed by atoms with E-state index in [0.29, 0.717) is 22.5 Å². The number of hydrogen-bond donors (Lipinski definition) is 1. The lowest BCUT2D eigenvalue weighted by Crippen LogP contribution is -2.38. The Bertz CT molecular complexity index is 485. The van der Waals surface area contributed by atoms with Gasteiger partial charge >= 0.3 is 0 Å². The van der Waals surface area contributed by atoms with Crippen LogP contribution in [0.3, 0.4) is 0 Å². The lowest BCUT2D eigenvalue weighted by molar-refractivity contribution is 0.0923. The lowest BCUT2D eigenvalue weighted by atomic mass is 9.95. The minimum Gasteiger partial charge on any atom is -0.349 e. The highest BCUT2D eigenvalue weighted by atomic mass is 35.5. The first-order chi connectivity index (χ1) is 8.63. The van der Waals surface area contributed by atoms with Gasteiger partial charge in [-0.05, 0) is 55.7 Å². The molecule has 0 aliphatic heterocycles. The molecule has 0 spiro atoms. The van der Waals surface area contributed by atoms with Crippen molar-refractivity contribution >= 4 is 17.5 Å². The highest BCUT2D eigenvalue weighted by Crippen LogP contribution is 2.44. The summed E-state index contributed by atoms with van der Waals surface area (Å²) >= 11 is 6.13. The second-order valence-electron chi connectivity index (χ2n) is 5.74. The molecule has 2 aliphatic carbocycles. The van der Waals surface area contributed by atoms with Crippen molar-refractivity contribution in [3.05, 3.63) is 34.3 Å². The third-order valence-electron chi connectivity index (χ3n) is 4.42. The van der Waals surface area contributed by atoms with Crippen LogP contribution in [-0.2, 0) is 0 Å².